The van der Waals surface area contributed by atoms with Crippen LogP contribution in [0.15, 0.2) is 0 Å². The Hall–Kier alpha value is -0.170. The van der Waals surface area contributed by atoms with Gasteiger partial charge in [0, 0.05) is 39.0 Å². The molecular formula is C13H21IN2O2. The molecule has 1 saturated carbocycles. The second-order valence-corrected chi connectivity index (χ2v) is 6.99. The van der Waals surface area contributed by atoms with Crippen LogP contribution in [0.2, 0.25) is 0 Å². The summed E-state index contributed by atoms with van der Waals surface area (Å²) in [6, 6.07) is 0.387. The summed E-state index contributed by atoms with van der Waals surface area (Å²) in [5.74, 6) is 0.0896. The van der Waals surface area contributed by atoms with Crippen LogP contribution in [0.1, 0.15) is 39.0 Å². The van der Waals surface area contributed by atoms with Gasteiger partial charge < -0.3 is 10.2 Å². The Morgan fingerprint density at radius 1 is 1.33 bits per heavy atom. The summed E-state index contributed by atoms with van der Waals surface area (Å²) in [4.78, 5) is 24.3. The number of carbonyl (C=O) groups is 2. The number of nitrogens with zero attached hydrogens (tertiary/aromatic N) is 1. The summed E-state index contributed by atoms with van der Waals surface area (Å²) in [6.45, 7) is 4.79. The number of halogens is 1. The van der Waals surface area contributed by atoms with Crippen LogP contribution < -0.4 is 5.32 Å². The zero-order valence-electron chi connectivity index (χ0n) is 10.9. The molecule has 0 aromatic carbocycles. The van der Waals surface area contributed by atoms with Crippen molar-refractivity contribution in [2.24, 2.45) is 5.41 Å². The lowest BCUT2D eigenvalue weighted by molar-refractivity contribution is -0.120. The van der Waals surface area contributed by atoms with E-state index < -0.39 is 0 Å². The fraction of sp³-hybridized carbons (Fsp3) is 0.846. The number of hydrogen-bond donors (Lipinski definition) is 1. The van der Waals surface area contributed by atoms with E-state index in [-0.39, 0.29) is 9.70 Å². The van der Waals surface area contributed by atoms with Crippen molar-refractivity contribution in [1.82, 2.24) is 10.2 Å². The van der Waals surface area contributed by atoms with E-state index in [9.17, 15) is 9.59 Å². The highest BCUT2D eigenvalue weighted by atomic mass is 127. The van der Waals surface area contributed by atoms with Gasteiger partial charge in [-0.05, 0) is 53.7 Å². The molecule has 1 heterocycles. The van der Waals surface area contributed by atoms with E-state index in [1.54, 1.807) is 6.92 Å². The predicted molar refractivity (Wildman–Crippen MR) is 78.6 cm³/mol. The third kappa shape index (κ3) is 3.66. The largest absolute Gasteiger partial charge is 0.354 e. The van der Waals surface area contributed by atoms with Gasteiger partial charge in [0.25, 0.3) is 0 Å². The first-order valence-corrected chi connectivity index (χ1v) is 7.75. The molecule has 0 aromatic rings. The zero-order valence-corrected chi connectivity index (χ0v) is 13.0. The van der Waals surface area contributed by atoms with Crippen LogP contribution in [0.25, 0.3) is 0 Å². The molecule has 1 spiro atoms. The molecule has 0 aromatic heterocycles. The molecule has 1 aliphatic carbocycles. The Morgan fingerprint density at radius 2 is 1.94 bits per heavy atom. The molecule has 5 heteroatoms. The Labute approximate surface area is 122 Å². The average molecular weight is 364 g/mol. The maximum absolute atomic E-state index is 11.0. The van der Waals surface area contributed by atoms with Crippen molar-refractivity contribution in [1.29, 1.82) is 0 Å². The second-order valence-electron chi connectivity index (χ2n) is 5.79. The SMILES string of the molecule is CC(=O)NC1CCC2(CC1)CN(CCC(=O)I)C2. The highest BCUT2D eigenvalue weighted by molar-refractivity contribution is 14.1. The van der Waals surface area contributed by atoms with Crippen LogP contribution in [0.4, 0.5) is 0 Å². The van der Waals surface area contributed by atoms with Gasteiger partial charge in [-0.2, -0.15) is 0 Å². The number of hydrogen-bond acceptors (Lipinski definition) is 3. The Kier molecular flexibility index (Phi) is 4.64. The summed E-state index contributed by atoms with van der Waals surface area (Å²) < 4.78 is 0.253. The second kappa shape index (κ2) is 5.86. The number of carbonyl (C=O) groups excluding carboxylic acids is 2. The van der Waals surface area contributed by atoms with Gasteiger partial charge >= 0.3 is 0 Å². The monoisotopic (exact) mass is 364 g/mol. The van der Waals surface area contributed by atoms with E-state index in [1.807, 2.05) is 22.6 Å². The van der Waals surface area contributed by atoms with Gasteiger partial charge in [-0.15, -0.1) is 0 Å². The van der Waals surface area contributed by atoms with Gasteiger partial charge in [0.2, 0.25) is 5.91 Å². The quantitative estimate of drug-likeness (QED) is 0.611. The van der Waals surface area contributed by atoms with E-state index in [1.165, 1.54) is 12.8 Å². The summed E-state index contributed by atoms with van der Waals surface area (Å²) in [5.41, 5.74) is 0.489. The van der Waals surface area contributed by atoms with Crippen LogP contribution in [-0.2, 0) is 9.59 Å². The fourth-order valence-corrected chi connectivity index (χ4v) is 3.53. The number of likely N-dealkylation sites (tertiary alicyclic amines) is 1. The lowest BCUT2D eigenvalue weighted by Crippen LogP contribution is -2.58. The molecule has 0 atom stereocenters. The summed E-state index contributed by atoms with van der Waals surface area (Å²) in [5, 5.41) is 3.02. The van der Waals surface area contributed by atoms with Crippen LogP contribution >= 0.6 is 22.6 Å². The Morgan fingerprint density at radius 3 is 2.44 bits per heavy atom. The molecule has 4 nitrogen and oxygen atoms in total. The first kappa shape index (κ1) is 14.2. The molecule has 1 saturated heterocycles. The van der Waals surface area contributed by atoms with Crippen molar-refractivity contribution < 1.29 is 9.59 Å². The zero-order chi connectivity index (χ0) is 13.2. The van der Waals surface area contributed by atoms with Crippen LogP contribution in [0.5, 0.6) is 0 Å². The normalized spacial score (nSPS) is 23.7. The molecule has 18 heavy (non-hydrogen) atoms. The molecular weight excluding hydrogens is 343 g/mol. The predicted octanol–water partition coefficient (Wildman–Crippen LogP) is 1.72. The van der Waals surface area contributed by atoms with E-state index in [0.29, 0.717) is 17.9 Å². The lowest BCUT2D eigenvalue weighted by atomic mass is 9.67. The Balaban J connectivity index is 1.68. The maximum atomic E-state index is 11.0. The number of nitrogens with one attached hydrogen (secondary N) is 1. The van der Waals surface area contributed by atoms with E-state index in [4.69, 9.17) is 0 Å². The van der Waals surface area contributed by atoms with Crippen molar-refractivity contribution in [3.8, 4) is 0 Å². The fourth-order valence-electron chi connectivity index (χ4n) is 3.28. The highest BCUT2D eigenvalue weighted by Crippen LogP contribution is 2.43. The van der Waals surface area contributed by atoms with Crippen molar-refractivity contribution in [3.05, 3.63) is 0 Å². The standard InChI is InChI=1S/C13H21IN2O2/c1-10(17)15-11-2-5-13(6-3-11)8-16(9-13)7-4-12(14)18/h11H,2-9H2,1H3,(H,15,17). The van der Waals surface area contributed by atoms with Crippen molar-refractivity contribution >= 4 is 32.3 Å². The van der Waals surface area contributed by atoms with Crippen molar-refractivity contribution in [2.45, 2.75) is 45.1 Å². The average Bonchev–Trinajstić information content (AvgIpc) is 2.24. The first-order chi connectivity index (χ1) is 8.49. The van der Waals surface area contributed by atoms with Gasteiger partial charge in [-0.25, -0.2) is 0 Å². The molecule has 0 bridgehead atoms. The molecule has 1 amide bonds. The van der Waals surface area contributed by atoms with Gasteiger partial charge in [-0.3, -0.25) is 9.59 Å². The van der Waals surface area contributed by atoms with Gasteiger partial charge in [0.1, 0.15) is 0 Å². The van der Waals surface area contributed by atoms with Crippen LogP contribution in [0.3, 0.4) is 0 Å². The lowest BCUT2D eigenvalue weighted by Gasteiger charge is -2.53. The molecule has 2 aliphatic rings. The van der Waals surface area contributed by atoms with Crippen LogP contribution in [-0.4, -0.2) is 40.3 Å². The smallest absolute Gasteiger partial charge is 0.217 e. The minimum atomic E-state index is 0.0896. The third-order valence-corrected chi connectivity index (χ3v) is 4.74. The van der Waals surface area contributed by atoms with E-state index in [2.05, 4.69) is 10.2 Å². The highest BCUT2D eigenvalue weighted by Gasteiger charge is 2.44. The molecule has 1 aliphatic heterocycles. The first-order valence-electron chi connectivity index (χ1n) is 6.67. The molecule has 2 fully saturated rings. The summed E-state index contributed by atoms with van der Waals surface area (Å²) >= 11 is 1.87. The van der Waals surface area contributed by atoms with Gasteiger partial charge in [-0.1, -0.05) is 0 Å². The molecule has 0 unspecified atom stereocenters. The third-order valence-electron chi connectivity index (χ3n) is 4.20. The Bertz CT molecular complexity index is 322. The van der Waals surface area contributed by atoms with Crippen molar-refractivity contribution in [2.75, 3.05) is 19.6 Å². The minimum absolute atomic E-state index is 0.0896. The topological polar surface area (TPSA) is 49.4 Å². The minimum Gasteiger partial charge on any atom is -0.354 e. The van der Waals surface area contributed by atoms with Crippen LogP contribution in [0, 0.1) is 5.41 Å². The molecule has 1 N–H and O–H groups in total. The van der Waals surface area contributed by atoms with Gasteiger partial charge in [0.05, 0.1) is 0 Å². The van der Waals surface area contributed by atoms with E-state index in [0.717, 1.165) is 32.5 Å². The van der Waals surface area contributed by atoms with Gasteiger partial charge in [0.15, 0.2) is 3.79 Å². The number of amides is 1. The summed E-state index contributed by atoms with van der Waals surface area (Å²) in [7, 11) is 0. The summed E-state index contributed by atoms with van der Waals surface area (Å²) in [6.07, 6.45) is 5.32. The maximum Gasteiger partial charge on any atom is 0.217 e. The van der Waals surface area contributed by atoms with E-state index >= 15 is 0 Å². The molecule has 0 radical (unpaired) electrons. The molecule has 102 valence electrons. The number of rotatable bonds is 4. The van der Waals surface area contributed by atoms with Crippen molar-refractivity contribution in [3.63, 3.8) is 0 Å². The molecule has 2 rings (SSSR count).